The minimum atomic E-state index is 0.0812. The molecule has 1 aliphatic carbocycles. The van der Waals surface area contributed by atoms with Crippen LogP contribution in [0.15, 0.2) is 54.6 Å². The Bertz CT molecular complexity index is 963. The van der Waals surface area contributed by atoms with Gasteiger partial charge in [0.2, 0.25) is 5.91 Å². The number of fused-ring (bicyclic) bond motifs is 2. The standard InChI is InChI=1S/C22H20N2OS/c25-22(24-13-12-15-6-4-5-9-19(15)24)17-10-11-18-20(14-17)26-21(23-18)16-7-2-1-3-8-16/h1-9,17H,10-14H2. The van der Waals surface area contributed by atoms with Gasteiger partial charge in [0.15, 0.2) is 0 Å². The fourth-order valence-corrected chi connectivity index (χ4v) is 5.27. The van der Waals surface area contributed by atoms with Gasteiger partial charge in [-0.05, 0) is 37.3 Å². The maximum absolute atomic E-state index is 13.2. The van der Waals surface area contributed by atoms with E-state index in [-0.39, 0.29) is 11.8 Å². The number of benzene rings is 2. The van der Waals surface area contributed by atoms with E-state index in [0.29, 0.717) is 0 Å². The summed E-state index contributed by atoms with van der Waals surface area (Å²) in [7, 11) is 0. The lowest BCUT2D eigenvalue weighted by Crippen LogP contribution is -2.37. The second kappa shape index (κ2) is 6.36. The molecule has 130 valence electrons. The van der Waals surface area contributed by atoms with E-state index in [1.807, 2.05) is 29.2 Å². The van der Waals surface area contributed by atoms with Crippen LogP contribution in [-0.2, 0) is 24.1 Å². The van der Waals surface area contributed by atoms with Crippen LogP contribution >= 0.6 is 11.3 Å². The fourth-order valence-electron chi connectivity index (χ4n) is 4.08. The molecule has 0 radical (unpaired) electrons. The molecule has 1 unspecified atom stereocenters. The van der Waals surface area contributed by atoms with Crippen molar-refractivity contribution < 1.29 is 4.79 Å². The minimum absolute atomic E-state index is 0.0812. The van der Waals surface area contributed by atoms with Crippen LogP contribution in [0.5, 0.6) is 0 Å². The highest BCUT2D eigenvalue weighted by molar-refractivity contribution is 7.15. The van der Waals surface area contributed by atoms with Crippen LogP contribution in [0.25, 0.3) is 10.6 Å². The molecule has 0 saturated carbocycles. The summed E-state index contributed by atoms with van der Waals surface area (Å²) in [6, 6.07) is 18.6. The molecule has 3 nitrogen and oxygen atoms in total. The zero-order valence-electron chi connectivity index (χ0n) is 14.5. The molecule has 26 heavy (non-hydrogen) atoms. The van der Waals surface area contributed by atoms with E-state index in [1.165, 1.54) is 21.7 Å². The Balaban J connectivity index is 1.38. The molecule has 0 saturated heterocycles. The lowest BCUT2D eigenvalue weighted by atomic mass is 9.90. The van der Waals surface area contributed by atoms with Crippen LogP contribution in [-0.4, -0.2) is 17.4 Å². The predicted molar refractivity (Wildman–Crippen MR) is 106 cm³/mol. The van der Waals surface area contributed by atoms with Crippen molar-refractivity contribution in [3.05, 3.63) is 70.7 Å². The third-order valence-electron chi connectivity index (χ3n) is 5.46. The molecule has 2 heterocycles. The van der Waals surface area contributed by atoms with Gasteiger partial charge in [-0.15, -0.1) is 11.3 Å². The van der Waals surface area contributed by atoms with Crippen molar-refractivity contribution in [2.24, 2.45) is 5.92 Å². The van der Waals surface area contributed by atoms with Crippen molar-refractivity contribution in [3.63, 3.8) is 0 Å². The highest BCUT2D eigenvalue weighted by Crippen LogP contribution is 2.37. The highest BCUT2D eigenvalue weighted by atomic mass is 32.1. The van der Waals surface area contributed by atoms with Gasteiger partial charge in [-0.25, -0.2) is 4.98 Å². The van der Waals surface area contributed by atoms with E-state index >= 15 is 0 Å². The Morgan fingerprint density at radius 1 is 1.04 bits per heavy atom. The van der Waals surface area contributed by atoms with Crippen LogP contribution in [0.1, 0.15) is 22.6 Å². The number of anilines is 1. The van der Waals surface area contributed by atoms with Crippen molar-refractivity contribution in [2.45, 2.75) is 25.7 Å². The van der Waals surface area contributed by atoms with Gasteiger partial charge in [0.1, 0.15) is 5.01 Å². The molecule has 0 bridgehead atoms. The first kappa shape index (κ1) is 15.8. The molecule has 0 N–H and O–H groups in total. The first-order chi connectivity index (χ1) is 12.8. The van der Waals surface area contributed by atoms with Crippen molar-refractivity contribution in [1.82, 2.24) is 4.98 Å². The van der Waals surface area contributed by atoms with Crippen LogP contribution in [0.4, 0.5) is 5.69 Å². The molecule has 1 aliphatic heterocycles. The topological polar surface area (TPSA) is 33.2 Å². The molecule has 1 atom stereocenters. The monoisotopic (exact) mass is 360 g/mol. The largest absolute Gasteiger partial charge is 0.312 e. The molecule has 5 rings (SSSR count). The minimum Gasteiger partial charge on any atom is -0.312 e. The number of aryl methyl sites for hydroxylation is 1. The third kappa shape index (κ3) is 2.65. The van der Waals surface area contributed by atoms with Crippen LogP contribution < -0.4 is 4.90 Å². The van der Waals surface area contributed by atoms with Gasteiger partial charge in [-0.2, -0.15) is 0 Å². The Kier molecular flexibility index (Phi) is 3.86. The lowest BCUT2D eigenvalue weighted by molar-refractivity contribution is -0.122. The van der Waals surface area contributed by atoms with Gasteiger partial charge in [0.05, 0.1) is 5.69 Å². The number of hydrogen-bond acceptors (Lipinski definition) is 3. The predicted octanol–water partition coefficient (Wildman–Crippen LogP) is 4.50. The molecule has 0 fully saturated rings. The average Bonchev–Trinajstić information content (AvgIpc) is 3.32. The summed E-state index contributed by atoms with van der Waals surface area (Å²) >= 11 is 1.76. The Hall–Kier alpha value is -2.46. The highest BCUT2D eigenvalue weighted by Gasteiger charge is 2.33. The Morgan fingerprint density at radius 3 is 2.73 bits per heavy atom. The molecule has 2 aromatic carbocycles. The number of hydrogen-bond donors (Lipinski definition) is 0. The van der Waals surface area contributed by atoms with Crippen LogP contribution in [0.3, 0.4) is 0 Å². The number of para-hydroxylation sites is 1. The third-order valence-corrected chi connectivity index (χ3v) is 6.63. The SMILES string of the molecule is O=C(C1CCc2nc(-c3ccccc3)sc2C1)N1CCc2ccccc21. The Morgan fingerprint density at radius 2 is 1.85 bits per heavy atom. The van der Waals surface area contributed by atoms with Gasteiger partial charge in [-0.3, -0.25) is 4.79 Å². The molecule has 1 amide bonds. The molecule has 3 aromatic rings. The molecular weight excluding hydrogens is 340 g/mol. The normalized spacial score (nSPS) is 18.5. The summed E-state index contributed by atoms with van der Waals surface area (Å²) in [5, 5.41) is 1.08. The molecule has 2 aliphatic rings. The van der Waals surface area contributed by atoms with Gasteiger partial charge in [0, 0.05) is 28.6 Å². The summed E-state index contributed by atoms with van der Waals surface area (Å²) in [6.07, 6.45) is 3.61. The van der Waals surface area contributed by atoms with E-state index in [1.54, 1.807) is 11.3 Å². The van der Waals surface area contributed by atoms with E-state index in [0.717, 1.165) is 42.9 Å². The summed E-state index contributed by atoms with van der Waals surface area (Å²) < 4.78 is 0. The molecule has 4 heteroatoms. The van der Waals surface area contributed by atoms with E-state index < -0.39 is 0 Å². The summed E-state index contributed by atoms with van der Waals surface area (Å²) in [6.45, 7) is 0.819. The number of rotatable bonds is 2. The van der Waals surface area contributed by atoms with E-state index in [9.17, 15) is 4.79 Å². The number of nitrogens with zero attached hydrogens (tertiary/aromatic N) is 2. The quantitative estimate of drug-likeness (QED) is 0.674. The number of carbonyl (C=O) groups excluding carboxylic acids is 1. The molecule has 0 spiro atoms. The Labute approximate surface area is 157 Å². The van der Waals surface area contributed by atoms with Gasteiger partial charge < -0.3 is 4.90 Å². The second-order valence-corrected chi connectivity index (χ2v) is 8.15. The maximum Gasteiger partial charge on any atom is 0.230 e. The van der Waals surface area contributed by atoms with Crippen LogP contribution in [0, 0.1) is 5.92 Å². The molecule has 1 aromatic heterocycles. The van der Waals surface area contributed by atoms with Gasteiger partial charge in [-0.1, -0.05) is 48.5 Å². The van der Waals surface area contributed by atoms with E-state index in [2.05, 4.69) is 30.3 Å². The zero-order valence-corrected chi connectivity index (χ0v) is 15.3. The van der Waals surface area contributed by atoms with Crippen molar-refractivity contribution in [1.29, 1.82) is 0 Å². The lowest BCUT2D eigenvalue weighted by Gasteiger charge is -2.26. The van der Waals surface area contributed by atoms with Crippen LogP contribution in [0.2, 0.25) is 0 Å². The van der Waals surface area contributed by atoms with E-state index in [4.69, 9.17) is 4.98 Å². The average molecular weight is 360 g/mol. The van der Waals surface area contributed by atoms with Gasteiger partial charge >= 0.3 is 0 Å². The summed E-state index contributed by atoms with van der Waals surface area (Å²) in [5.41, 5.74) is 4.77. The number of carbonyl (C=O) groups is 1. The number of aromatic nitrogens is 1. The van der Waals surface area contributed by atoms with Crippen molar-refractivity contribution in [2.75, 3.05) is 11.4 Å². The number of amides is 1. The zero-order chi connectivity index (χ0) is 17.5. The number of thiazole rings is 1. The fraction of sp³-hybridized carbons (Fsp3) is 0.273. The van der Waals surface area contributed by atoms with Gasteiger partial charge in [0.25, 0.3) is 0 Å². The van der Waals surface area contributed by atoms with Crippen molar-refractivity contribution >= 4 is 22.9 Å². The first-order valence-electron chi connectivity index (χ1n) is 9.23. The summed E-state index contributed by atoms with van der Waals surface area (Å²) in [5.74, 6) is 0.369. The maximum atomic E-state index is 13.2. The second-order valence-electron chi connectivity index (χ2n) is 7.06. The van der Waals surface area contributed by atoms with Crippen molar-refractivity contribution in [3.8, 4) is 10.6 Å². The summed E-state index contributed by atoms with van der Waals surface area (Å²) in [4.78, 5) is 21.3. The first-order valence-corrected chi connectivity index (χ1v) is 10.0. The molecular formula is C22H20N2OS. The smallest absolute Gasteiger partial charge is 0.230 e.